The van der Waals surface area contributed by atoms with Crippen molar-refractivity contribution in [2.75, 3.05) is 7.11 Å². The van der Waals surface area contributed by atoms with Crippen molar-refractivity contribution < 1.29 is 13.5 Å². The van der Waals surface area contributed by atoms with Crippen molar-refractivity contribution in [3.63, 3.8) is 0 Å². The van der Waals surface area contributed by atoms with Gasteiger partial charge in [0.1, 0.15) is 5.76 Å². The minimum Gasteiger partial charge on any atom is -0.497 e. The molecule has 0 heterocycles. The summed E-state index contributed by atoms with van der Waals surface area (Å²) in [6.45, 7) is 0. The van der Waals surface area contributed by atoms with Crippen LogP contribution in [0.1, 0.15) is 19.3 Å². The first-order chi connectivity index (χ1) is 7.03. The molecule has 1 saturated carbocycles. The van der Waals surface area contributed by atoms with Gasteiger partial charge in [-0.05, 0) is 25.3 Å². The van der Waals surface area contributed by atoms with Crippen molar-refractivity contribution >= 4 is 0 Å². The van der Waals surface area contributed by atoms with E-state index in [9.17, 15) is 8.78 Å². The molecule has 0 aromatic rings. The third-order valence-electron chi connectivity index (χ3n) is 3.13. The fourth-order valence-electron chi connectivity index (χ4n) is 2.34. The van der Waals surface area contributed by atoms with Crippen LogP contribution in [0.25, 0.3) is 0 Å². The van der Waals surface area contributed by atoms with E-state index >= 15 is 0 Å². The highest BCUT2D eigenvalue weighted by molar-refractivity contribution is 5.32. The lowest BCUT2D eigenvalue weighted by Crippen LogP contribution is -2.38. The minimum atomic E-state index is -2.78. The maximum absolute atomic E-state index is 13.7. The van der Waals surface area contributed by atoms with E-state index in [1.807, 2.05) is 0 Å². The van der Waals surface area contributed by atoms with Gasteiger partial charge in [0.25, 0.3) is 5.92 Å². The van der Waals surface area contributed by atoms with Gasteiger partial charge in [-0.25, -0.2) is 8.78 Å². The number of hydrogen-bond donors (Lipinski definition) is 1. The first-order valence-corrected chi connectivity index (χ1v) is 5.13. The van der Waals surface area contributed by atoms with Crippen molar-refractivity contribution in [3.05, 3.63) is 23.5 Å². The molecule has 2 nitrogen and oxygen atoms in total. The van der Waals surface area contributed by atoms with E-state index in [2.05, 4.69) is 0 Å². The number of fused-ring (bicyclic) bond motifs is 1. The molecular formula is C11H15F2NO. The third kappa shape index (κ3) is 1.91. The van der Waals surface area contributed by atoms with Crippen molar-refractivity contribution in [1.82, 2.24) is 0 Å². The van der Waals surface area contributed by atoms with Crippen molar-refractivity contribution in [2.45, 2.75) is 31.2 Å². The van der Waals surface area contributed by atoms with Gasteiger partial charge in [-0.1, -0.05) is 5.57 Å². The van der Waals surface area contributed by atoms with E-state index in [0.717, 1.165) is 11.6 Å². The van der Waals surface area contributed by atoms with Crippen LogP contribution in [-0.4, -0.2) is 19.1 Å². The van der Waals surface area contributed by atoms with Crippen LogP contribution in [0.4, 0.5) is 8.78 Å². The molecule has 0 aromatic heterocycles. The van der Waals surface area contributed by atoms with Gasteiger partial charge < -0.3 is 10.5 Å². The van der Waals surface area contributed by atoms with Crippen molar-refractivity contribution in [2.24, 2.45) is 11.7 Å². The molecule has 4 heteroatoms. The quantitative estimate of drug-likeness (QED) is 0.728. The van der Waals surface area contributed by atoms with Crippen LogP contribution in [0.5, 0.6) is 0 Å². The lowest BCUT2D eigenvalue weighted by Gasteiger charge is -2.36. The fraction of sp³-hybridized carbons (Fsp3) is 0.636. The van der Waals surface area contributed by atoms with Gasteiger partial charge in [0.05, 0.1) is 7.11 Å². The van der Waals surface area contributed by atoms with Crippen LogP contribution in [0.2, 0.25) is 0 Å². The van der Waals surface area contributed by atoms with Gasteiger partial charge in [-0.15, -0.1) is 0 Å². The van der Waals surface area contributed by atoms with Crippen LogP contribution < -0.4 is 5.73 Å². The molecule has 0 radical (unpaired) electrons. The largest absolute Gasteiger partial charge is 0.497 e. The number of methoxy groups -OCH3 is 1. The summed E-state index contributed by atoms with van der Waals surface area (Å²) in [6, 6.07) is 0.0134. The first-order valence-electron chi connectivity index (χ1n) is 5.13. The number of ether oxygens (including phenoxy) is 1. The molecule has 1 fully saturated rings. The van der Waals surface area contributed by atoms with Crippen LogP contribution in [-0.2, 0) is 4.74 Å². The highest BCUT2D eigenvalue weighted by atomic mass is 19.3. The Morgan fingerprint density at radius 2 is 2.20 bits per heavy atom. The Balaban J connectivity index is 2.30. The Bertz CT molecular complexity index is 323. The monoisotopic (exact) mass is 215 g/mol. The molecule has 0 aliphatic heterocycles. The Hall–Kier alpha value is -0.900. The van der Waals surface area contributed by atoms with E-state index in [1.165, 1.54) is 7.11 Å². The van der Waals surface area contributed by atoms with Crippen molar-refractivity contribution in [3.8, 4) is 0 Å². The summed E-state index contributed by atoms with van der Waals surface area (Å²) in [5, 5.41) is 0. The molecule has 15 heavy (non-hydrogen) atoms. The number of hydrogen-bond acceptors (Lipinski definition) is 2. The van der Waals surface area contributed by atoms with Gasteiger partial charge in [0.15, 0.2) is 0 Å². The molecule has 0 unspecified atom stereocenters. The Kier molecular flexibility index (Phi) is 2.54. The van der Waals surface area contributed by atoms with E-state index < -0.39 is 11.8 Å². The third-order valence-corrected chi connectivity index (χ3v) is 3.13. The normalized spacial score (nSPS) is 33.9. The van der Waals surface area contributed by atoms with Crippen molar-refractivity contribution in [1.29, 1.82) is 0 Å². The SMILES string of the molecule is COC1=CC(F)(F)[C@H]2CC[C@@H](N)CC2=C1. The molecule has 2 aliphatic rings. The van der Waals surface area contributed by atoms with E-state index in [1.54, 1.807) is 6.08 Å². The summed E-state index contributed by atoms with van der Waals surface area (Å²) in [5.41, 5.74) is 6.51. The second-order valence-electron chi connectivity index (χ2n) is 4.24. The van der Waals surface area contributed by atoms with Crippen LogP contribution in [0.3, 0.4) is 0 Å². The number of rotatable bonds is 1. The summed E-state index contributed by atoms with van der Waals surface area (Å²) < 4.78 is 32.2. The second-order valence-corrected chi connectivity index (χ2v) is 4.24. The van der Waals surface area contributed by atoms with Gasteiger partial charge in [0, 0.05) is 18.0 Å². The average molecular weight is 215 g/mol. The Morgan fingerprint density at radius 3 is 2.87 bits per heavy atom. The number of nitrogens with two attached hydrogens (primary N) is 1. The predicted octanol–water partition coefficient (Wildman–Crippen LogP) is 2.22. The molecular weight excluding hydrogens is 200 g/mol. The summed E-state index contributed by atoms with van der Waals surface area (Å²) >= 11 is 0. The number of alkyl halides is 2. The zero-order chi connectivity index (χ0) is 11.1. The van der Waals surface area contributed by atoms with E-state index in [-0.39, 0.29) is 11.8 Å². The maximum atomic E-state index is 13.7. The van der Waals surface area contributed by atoms with E-state index in [4.69, 9.17) is 10.5 Å². The van der Waals surface area contributed by atoms with Gasteiger partial charge in [-0.2, -0.15) is 0 Å². The zero-order valence-corrected chi connectivity index (χ0v) is 8.67. The van der Waals surface area contributed by atoms with Crippen LogP contribution >= 0.6 is 0 Å². The number of allylic oxidation sites excluding steroid dienone is 2. The standard InChI is InChI=1S/C11H15F2NO/c1-15-9-5-7-4-8(14)2-3-10(7)11(12,13)6-9/h5-6,8,10H,2-4,14H2,1H3/t8-,10+/m1/s1. The number of halogens is 2. The van der Waals surface area contributed by atoms with Gasteiger partial charge in [0.2, 0.25) is 0 Å². The van der Waals surface area contributed by atoms with Crippen LogP contribution in [0, 0.1) is 5.92 Å². The predicted molar refractivity (Wildman–Crippen MR) is 53.4 cm³/mol. The molecule has 0 bridgehead atoms. The molecule has 2 rings (SSSR count). The molecule has 0 saturated heterocycles. The van der Waals surface area contributed by atoms with Gasteiger partial charge >= 0.3 is 0 Å². The molecule has 2 N–H and O–H groups in total. The second kappa shape index (κ2) is 3.59. The molecule has 0 aromatic carbocycles. The lowest BCUT2D eigenvalue weighted by molar-refractivity contribution is -0.0109. The molecule has 84 valence electrons. The molecule has 2 atom stereocenters. The summed E-state index contributed by atoms with van der Waals surface area (Å²) in [6.07, 6.45) is 4.32. The Labute approximate surface area is 87.8 Å². The molecule has 0 amide bonds. The Morgan fingerprint density at radius 1 is 1.47 bits per heavy atom. The average Bonchev–Trinajstić information content (AvgIpc) is 2.15. The smallest absolute Gasteiger partial charge is 0.276 e. The summed E-state index contributed by atoms with van der Waals surface area (Å²) in [7, 11) is 1.40. The highest BCUT2D eigenvalue weighted by Gasteiger charge is 2.44. The first kappa shape index (κ1) is 10.6. The summed E-state index contributed by atoms with van der Waals surface area (Å²) in [5.74, 6) is -3.20. The minimum absolute atomic E-state index is 0.0134. The lowest BCUT2D eigenvalue weighted by atomic mass is 9.75. The highest BCUT2D eigenvalue weighted by Crippen LogP contribution is 2.44. The van der Waals surface area contributed by atoms with E-state index in [0.29, 0.717) is 19.3 Å². The summed E-state index contributed by atoms with van der Waals surface area (Å²) in [4.78, 5) is 0. The zero-order valence-electron chi connectivity index (χ0n) is 8.67. The maximum Gasteiger partial charge on any atom is 0.276 e. The van der Waals surface area contributed by atoms with Gasteiger partial charge in [-0.3, -0.25) is 0 Å². The molecule has 2 aliphatic carbocycles. The topological polar surface area (TPSA) is 35.2 Å². The van der Waals surface area contributed by atoms with Crippen LogP contribution in [0.15, 0.2) is 23.5 Å². The fourth-order valence-corrected chi connectivity index (χ4v) is 2.34. The molecule has 0 spiro atoms.